The minimum atomic E-state index is -2.36. The number of halogens is 2. The zero-order valence-corrected chi connectivity index (χ0v) is 7.95. The molecule has 0 bridgehead atoms. The Kier molecular flexibility index (Phi) is 3.08. The predicted octanol–water partition coefficient (Wildman–Crippen LogP) is 3.86. The molecule has 0 radical (unpaired) electrons. The lowest BCUT2D eigenvalue weighted by atomic mass is 9.82. The molecule has 1 saturated carbocycles. The van der Waals surface area contributed by atoms with Crippen molar-refractivity contribution in [3.8, 4) is 0 Å². The molecule has 0 heterocycles. The summed E-state index contributed by atoms with van der Waals surface area (Å²) in [5.74, 6) is -1.53. The van der Waals surface area contributed by atoms with Gasteiger partial charge in [0.05, 0.1) is 0 Å². The van der Waals surface area contributed by atoms with E-state index >= 15 is 0 Å². The highest BCUT2D eigenvalue weighted by Gasteiger charge is 2.35. The van der Waals surface area contributed by atoms with E-state index in [1.165, 1.54) is 0 Å². The summed E-state index contributed by atoms with van der Waals surface area (Å²) in [5, 5.41) is 0. The van der Waals surface area contributed by atoms with Crippen molar-refractivity contribution >= 4 is 0 Å². The average molecular weight is 176 g/mol. The monoisotopic (exact) mass is 176 g/mol. The lowest BCUT2D eigenvalue weighted by Gasteiger charge is -2.29. The molecule has 1 aliphatic carbocycles. The first-order valence-electron chi connectivity index (χ1n) is 4.87. The molecule has 1 atom stereocenters. The van der Waals surface area contributed by atoms with Crippen molar-refractivity contribution < 1.29 is 8.78 Å². The molecule has 0 aliphatic heterocycles. The van der Waals surface area contributed by atoms with Crippen LogP contribution in [0.1, 0.15) is 46.0 Å². The smallest absolute Gasteiger partial charge is 0.207 e. The van der Waals surface area contributed by atoms with E-state index in [0.29, 0.717) is 12.3 Å². The fourth-order valence-corrected chi connectivity index (χ4v) is 2.14. The molecule has 0 saturated heterocycles. The lowest BCUT2D eigenvalue weighted by molar-refractivity contribution is -0.0550. The number of rotatable bonds is 2. The molecule has 12 heavy (non-hydrogen) atoms. The van der Waals surface area contributed by atoms with E-state index < -0.39 is 5.92 Å². The highest BCUT2D eigenvalue weighted by Crippen LogP contribution is 2.38. The van der Waals surface area contributed by atoms with Gasteiger partial charge >= 0.3 is 0 Å². The number of alkyl halides is 2. The first-order valence-corrected chi connectivity index (χ1v) is 4.87. The normalized spacial score (nSPS) is 29.2. The van der Waals surface area contributed by atoms with Gasteiger partial charge in [0, 0.05) is 12.8 Å². The van der Waals surface area contributed by atoms with Crippen LogP contribution in [0.25, 0.3) is 0 Å². The molecule has 0 nitrogen and oxygen atoms in total. The van der Waals surface area contributed by atoms with Crippen LogP contribution < -0.4 is 0 Å². The van der Waals surface area contributed by atoms with Crippen LogP contribution >= 0.6 is 0 Å². The van der Waals surface area contributed by atoms with Crippen molar-refractivity contribution in [1.82, 2.24) is 0 Å². The summed E-state index contributed by atoms with van der Waals surface area (Å²) in [6.07, 6.45) is 2.93. The Bertz CT molecular complexity index is 141. The molecule has 0 aromatic carbocycles. The Labute approximate surface area is 73.3 Å². The van der Waals surface area contributed by atoms with Crippen molar-refractivity contribution in [2.45, 2.75) is 51.9 Å². The standard InChI is InChI=1S/C10H18F2/c1-8(2)6-9-4-3-5-10(11,12)7-9/h8-9H,3-7H2,1-2H3/t9-/m1/s1. The molecule has 2 heteroatoms. The van der Waals surface area contributed by atoms with E-state index in [1.807, 2.05) is 0 Å². The van der Waals surface area contributed by atoms with Crippen LogP contribution in [-0.2, 0) is 0 Å². The second-order valence-electron chi connectivity index (χ2n) is 4.45. The summed E-state index contributed by atoms with van der Waals surface area (Å²) in [6, 6.07) is 0. The summed E-state index contributed by atoms with van der Waals surface area (Å²) in [5.41, 5.74) is 0. The maximum atomic E-state index is 12.9. The molecule has 1 rings (SSSR count). The topological polar surface area (TPSA) is 0 Å². The van der Waals surface area contributed by atoms with Crippen LogP contribution in [0, 0.1) is 11.8 Å². The van der Waals surface area contributed by atoms with Crippen LogP contribution in [-0.4, -0.2) is 5.92 Å². The van der Waals surface area contributed by atoms with E-state index in [-0.39, 0.29) is 18.8 Å². The number of hydrogen-bond donors (Lipinski definition) is 0. The maximum absolute atomic E-state index is 12.9. The predicted molar refractivity (Wildman–Crippen MR) is 46.4 cm³/mol. The van der Waals surface area contributed by atoms with Crippen LogP contribution in [0.3, 0.4) is 0 Å². The third-order valence-corrected chi connectivity index (χ3v) is 2.55. The second kappa shape index (κ2) is 3.71. The maximum Gasteiger partial charge on any atom is 0.248 e. The van der Waals surface area contributed by atoms with Gasteiger partial charge in [0.25, 0.3) is 0 Å². The Balaban J connectivity index is 2.36. The van der Waals surface area contributed by atoms with Gasteiger partial charge in [-0.15, -0.1) is 0 Å². The second-order valence-corrected chi connectivity index (χ2v) is 4.45. The van der Waals surface area contributed by atoms with Crippen LogP contribution in [0.15, 0.2) is 0 Å². The van der Waals surface area contributed by atoms with Gasteiger partial charge in [0.2, 0.25) is 5.92 Å². The van der Waals surface area contributed by atoms with Crippen LogP contribution in [0.2, 0.25) is 0 Å². The molecular weight excluding hydrogens is 158 g/mol. The Hall–Kier alpha value is -0.140. The van der Waals surface area contributed by atoms with E-state index in [2.05, 4.69) is 13.8 Å². The zero-order valence-electron chi connectivity index (χ0n) is 7.95. The highest BCUT2D eigenvalue weighted by atomic mass is 19.3. The molecule has 0 unspecified atom stereocenters. The minimum Gasteiger partial charge on any atom is -0.207 e. The van der Waals surface area contributed by atoms with Gasteiger partial charge in [0.1, 0.15) is 0 Å². The Morgan fingerprint density at radius 1 is 1.42 bits per heavy atom. The molecular formula is C10H18F2. The van der Waals surface area contributed by atoms with Gasteiger partial charge in [0.15, 0.2) is 0 Å². The van der Waals surface area contributed by atoms with Crippen molar-refractivity contribution in [3.05, 3.63) is 0 Å². The third-order valence-electron chi connectivity index (χ3n) is 2.55. The molecule has 0 spiro atoms. The van der Waals surface area contributed by atoms with Gasteiger partial charge in [-0.25, -0.2) is 8.78 Å². The van der Waals surface area contributed by atoms with E-state index in [0.717, 1.165) is 12.8 Å². The van der Waals surface area contributed by atoms with Gasteiger partial charge in [-0.2, -0.15) is 0 Å². The summed E-state index contributed by atoms with van der Waals surface area (Å²) < 4.78 is 25.8. The molecule has 1 fully saturated rings. The fourth-order valence-electron chi connectivity index (χ4n) is 2.14. The first-order chi connectivity index (χ1) is 5.49. The quantitative estimate of drug-likeness (QED) is 0.599. The van der Waals surface area contributed by atoms with Crippen LogP contribution in [0.4, 0.5) is 8.78 Å². The average Bonchev–Trinajstić information content (AvgIpc) is 1.82. The largest absolute Gasteiger partial charge is 0.248 e. The molecule has 0 N–H and O–H groups in total. The number of hydrogen-bond acceptors (Lipinski definition) is 0. The lowest BCUT2D eigenvalue weighted by Crippen LogP contribution is -2.26. The van der Waals surface area contributed by atoms with Crippen molar-refractivity contribution in [3.63, 3.8) is 0 Å². The SMILES string of the molecule is CC(C)C[C@H]1CCCC(F)(F)C1. The van der Waals surface area contributed by atoms with Gasteiger partial charge in [-0.1, -0.05) is 20.3 Å². The van der Waals surface area contributed by atoms with E-state index in [1.54, 1.807) is 0 Å². The van der Waals surface area contributed by atoms with Gasteiger partial charge < -0.3 is 0 Å². The molecule has 0 aromatic rings. The Morgan fingerprint density at radius 3 is 2.58 bits per heavy atom. The van der Waals surface area contributed by atoms with E-state index in [4.69, 9.17) is 0 Å². The molecule has 0 amide bonds. The summed E-state index contributed by atoms with van der Waals surface area (Å²) in [6.45, 7) is 4.21. The first kappa shape index (κ1) is 9.94. The van der Waals surface area contributed by atoms with Crippen molar-refractivity contribution in [2.75, 3.05) is 0 Å². The van der Waals surface area contributed by atoms with Gasteiger partial charge in [-0.05, 0) is 24.7 Å². The van der Waals surface area contributed by atoms with Gasteiger partial charge in [-0.3, -0.25) is 0 Å². The third kappa shape index (κ3) is 3.08. The molecule has 72 valence electrons. The summed E-state index contributed by atoms with van der Waals surface area (Å²) in [7, 11) is 0. The Morgan fingerprint density at radius 2 is 2.08 bits per heavy atom. The van der Waals surface area contributed by atoms with Crippen molar-refractivity contribution in [2.24, 2.45) is 11.8 Å². The minimum absolute atomic E-state index is 0.113. The zero-order chi connectivity index (χ0) is 9.19. The van der Waals surface area contributed by atoms with Crippen LogP contribution in [0.5, 0.6) is 0 Å². The molecule has 1 aliphatic rings. The summed E-state index contributed by atoms with van der Waals surface area (Å²) >= 11 is 0. The van der Waals surface area contributed by atoms with Crippen molar-refractivity contribution in [1.29, 1.82) is 0 Å². The van der Waals surface area contributed by atoms with E-state index in [9.17, 15) is 8.78 Å². The fraction of sp³-hybridized carbons (Fsp3) is 1.00. The molecule has 0 aromatic heterocycles. The summed E-state index contributed by atoms with van der Waals surface area (Å²) in [4.78, 5) is 0. The highest BCUT2D eigenvalue weighted by molar-refractivity contribution is 4.78.